The van der Waals surface area contributed by atoms with Gasteiger partial charge in [-0.25, -0.2) is 18.0 Å². The fraction of sp³-hybridized carbons (Fsp3) is 0.200. The van der Waals surface area contributed by atoms with E-state index >= 15 is 0 Å². The Morgan fingerprint density at radius 2 is 1.65 bits per heavy atom. The number of fused-ring (bicyclic) bond motifs is 1. The van der Waals surface area contributed by atoms with Crippen LogP contribution in [0.25, 0.3) is 0 Å². The predicted octanol–water partition coefficient (Wildman–Crippen LogP) is 4.16. The summed E-state index contributed by atoms with van der Waals surface area (Å²) < 4.78 is 38.2. The molecule has 0 fully saturated rings. The van der Waals surface area contributed by atoms with Gasteiger partial charge in [0.15, 0.2) is 0 Å². The van der Waals surface area contributed by atoms with Crippen LogP contribution in [-0.4, -0.2) is 38.3 Å². The van der Waals surface area contributed by atoms with Crippen LogP contribution in [0.2, 0.25) is 5.02 Å². The first kappa shape index (κ1) is 23.9. The van der Waals surface area contributed by atoms with E-state index in [1.807, 2.05) is 24.3 Å². The van der Waals surface area contributed by atoms with Crippen LogP contribution in [0.4, 0.5) is 0 Å². The van der Waals surface area contributed by atoms with Crippen molar-refractivity contribution in [1.82, 2.24) is 4.31 Å². The standard InChI is InChI=1S/C25H22ClNO6S/c1-32-25(29)23(18-8-3-2-4-9-18)33-24(28)21-15-20(11-12-22(21)26)34(30,31)27-14-13-17-7-5-6-10-19(17)16-27/h2-12,15,23H,13-14,16H2,1H3. The monoisotopic (exact) mass is 499 g/mol. The maximum atomic E-state index is 13.3. The zero-order chi connectivity index (χ0) is 24.3. The summed E-state index contributed by atoms with van der Waals surface area (Å²) in [6.07, 6.45) is -0.732. The number of rotatable bonds is 6. The maximum absolute atomic E-state index is 13.3. The molecule has 0 spiro atoms. The number of nitrogens with zero attached hydrogens (tertiary/aromatic N) is 1. The molecular weight excluding hydrogens is 478 g/mol. The van der Waals surface area contributed by atoms with Crippen molar-refractivity contribution in [3.8, 4) is 0 Å². The van der Waals surface area contributed by atoms with Crippen molar-refractivity contribution >= 4 is 33.6 Å². The van der Waals surface area contributed by atoms with Gasteiger partial charge in [-0.1, -0.05) is 66.2 Å². The molecule has 0 saturated heterocycles. The van der Waals surface area contributed by atoms with E-state index in [9.17, 15) is 18.0 Å². The van der Waals surface area contributed by atoms with Crippen molar-refractivity contribution in [3.63, 3.8) is 0 Å². The Kier molecular flexibility index (Phi) is 7.02. The number of halogens is 1. The first-order chi connectivity index (χ1) is 16.3. The van der Waals surface area contributed by atoms with E-state index < -0.39 is 28.1 Å². The average molecular weight is 500 g/mol. The molecule has 1 unspecified atom stereocenters. The highest BCUT2D eigenvalue weighted by molar-refractivity contribution is 7.89. The molecule has 4 rings (SSSR count). The van der Waals surface area contributed by atoms with Crippen LogP contribution in [0.1, 0.15) is 33.2 Å². The fourth-order valence-electron chi connectivity index (χ4n) is 3.80. The minimum absolute atomic E-state index is 0.00428. The van der Waals surface area contributed by atoms with Crippen molar-refractivity contribution in [2.45, 2.75) is 24.0 Å². The zero-order valence-electron chi connectivity index (χ0n) is 18.3. The third kappa shape index (κ3) is 4.84. The van der Waals surface area contributed by atoms with Gasteiger partial charge in [0.1, 0.15) is 0 Å². The van der Waals surface area contributed by atoms with E-state index in [-0.39, 0.29) is 22.0 Å². The van der Waals surface area contributed by atoms with E-state index in [0.29, 0.717) is 18.5 Å². The number of carbonyl (C=O) groups is 2. The highest BCUT2D eigenvalue weighted by Gasteiger charge is 2.31. The molecule has 9 heteroatoms. The Bertz CT molecular complexity index is 1330. The molecule has 1 atom stereocenters. The number of sulfonamides is 1. The van der Waals surface area contributed by atoms with Crippen molar-refractivity contribution in [1.29, 1.82) is 0 Å². The topological polar surface area (TPSA) is 90.0 Å². The van der Waals surface area contributed by atoms with Crippen molar-refractivity contribution in [2.75, 3.05) is 13.7 Å². The van der Waals surface area contributed by atoms with Crippen LogP contribution < -0.4 is 0 Å². The highest BCUT2D eigenvalue weighted by Crippen LogP contribution is 2.29. The Balaban J connectivity index is 1.61. The summed E-state index contributed by atoms with van der Waals surface area (Å²) in [5.41, 5.74) is 2.30. The predicted molar refractivity (Wildman–Crippen MR) is 126 cm³/mol. The van der Waals surface area contributed by atoms with Crippen molar-refractivity contribution in [2.24, 2.45) is 0 Å². The zero-order valence-corrected chi connectivity index (χ0v) is 19.9. The Morgan fingerprint density at radius 3 is 2.35 bits per heavy atom. The Morgan fingerprint density at radius 1 is 0.971 bits per heavy atom. The smallest absolute Gasteiger partial charge is 0.351 e. The summed E-state index contributed by atoms with van der Waals surface area (Å²) >= 11 is 6.21. The maximum Gasteiger partial charge on any atom is 0.351 e. The molecule has 0 bridgehead atoms. The summed E-state index contributed by atoms with van der Waals surface area (Å²) in [7, 11) is -2.72. The Labute approximate surface area is 202 Å². The van der Waals surface area contributed by atoms with Crippen LogP contribution >= 0.6 is 11.6 Å². The second kappa shape index (κ2) is 9.97. The van der Waals surface area contributed by atoms with Gasteiger partial charge in [0.05, 0.1) is 22.6 Å². The van der Waals surface area contributed by atoms with E-state index in [1.165, 1.54) is 29.6 Å². The van der Waals surface area contributed by atoms with E-state index in [0.717, 1.165) is 11.1 Å². The lowest BCUT2D eigenvalue weighted by atomic mass is 10.0. The van der Waals surface area contributed by atoms with Gasteiger partial charge in [0.2, 0.25) is 16.1 Å². The molecule has 0 amide bonds. The molecule has 0 saturated carbocycles. The molecule has 176 valence electrons. The molecule has 34 heavy (non-hydrogen) atoms. The van der Waals surface area contributed by atoms with Gasteiger partial charge in [-0.15, -0.1) is 0 Å². The van der Waals surface area contributed by atoms with Crippen LogP contribution in [0, 0.1) is 0 Å². The lowest BCUT2D eigenvalue weighted by Crippen LogP contribution is -2.36. The van der Waals surface area contributed by atoms with E-state index in [4.69, 9.17) is 21.1 Å². The molecule has 3 aromatic carbocycles. The number of esters is 2. The SMILES string of the molecule is COC(=O)C(OC(=O)c1cc(S(=O)(=O)N2CCc3ccccc3C2)ccc1Cl)c1ccccc1. The normalized spacial score (nSPS) is 14.6. The quantitative estimate of drug-likeness (QED) is 0.473. The molecular formula is C25H22ClNO6S. The average Bonchev–Trinajstić information content (AvgIpc) is 2.87. The van der Waals surface area contributed by atoms with Gasteiger partial charge in [0, 0.05) is 18.7 Å². The third-order valence-corrected chi connectivity index (χ3v) is 7.80. The molecule has 0 N–H and O–H groups in total. The molecule has 7 nitrogen and oxygen atoms in total. The van der Waals surface area contributed by atoms with Crippen LogP contribution in [-0.2, 0) is 37.3 Å². The minimum Gasteiger partial charge on any atom is -0.466 e. The highest BCUT2D eigenvalue weighted by atomic mass is 35.5. The number of hydrogen-bond donors (Lipinski definition) is 0. The van der Waals surface area contributed by atoms with Gasteiger partial charge in [-0.2, -0.15) is 4.31 Å². The van der Waals surface area contributed by atoms with Gasteiger partial charge in [0.25, 0.3) is 0 Å². The molecule has 0 radical (unpaired) electrons. The van der Waals surface area contributed by atoms with Crippen molar-refractivity contribution in [3.05, 3.63) is 100 Å². The van der Waals surface area contributed by atoms with Gasteiger partial charge < -0.3 is 9.47 Å². The van der Waals surface area contributed by atoms with E-state index in [1.54, 1.807) is 30.3 Å². The van der Waals surface area contributed by atoms with Gasteiger partial charge in [-0.05, 0) is 35.7 Å². The summed E-state index contributed by atoms with van der Waals surface area (Å²) in [4.78, 5) is 25.1. The fourth-order valence-corrected chi connectivity index (χ4v) is 5.44. The largest absolute Gasteiger partial charge is 0.466 e. The molecule has 1 aliphatic heterocycles. The van der Waals surface area contributed by atoms with E-state index in [2.05, 4.69) is 0 Å². The third-order valence-electron chi connectivity index (χ3n) is 5.63. The van der Waals surface area contributed by atoms with Gasteiger partial charge in [-0.3, -0.25) is 0 Å². The Hall–Kier alpha value is -3.20. The summed E-state index contributed by atoms with van der Waals surface area (Å²) in [5, 5.41) is 0.00428. The minimum atomic E-state index is -3.90. The number of carbonyl (C=O) groups excluding carboxylic acids is 2. The summed E-state index contributed by atoms with van der Waals surface area (Å²) in [5.74, 6) is -1.71. The second-order valence-corrected chi connectivity index (χ2v) is 10.1. The van der Waals surface area contributed by atoms with Crippen LogP contribution in [0.3, 0.4) is 0 Å². The molecule has 0 aromatic heterocycles. The van der Waals surface area contributed by atoms with Gasteiger partial charge >= 0.3 is 11.9 Å². The number of hydrogen-bond acceptors (Lipinski definition) is 6. The first-order valence-electron chi connectivity index (χ1n) is 10.5. The molecule has 0 aliphatic carbocycles. The number of ether oxygens (including phenoxy) is 2. The van der Waals surface area contributed by atoms with Crippen LogP contribution in [0.15, 0.2) is 77.7 Å². The molecule has 1 aliphatic rings. The van der Waals surface area contributed by atoms with Crippen molar-refractivity contribution < 1.29 is 27.5 Å². The molecule has 1 heterocycles. The second-order valence-electron chi connectivity index (χ2n) is 7.72. The summed E-state index contributed by atoms with van der Waals surface area (Å²) in [6, 6.07) is 19.9. The lowest BCUT2D eigenvalue weighted by molar-refractivity contribution is -0.151. The number of methoxy groups -OCH3 is 1. The summed E-state index contributed by atoms with van der Waals surface area (Å²) in [6.45, 7) is 0.555. The molecule has 3 aromatic rings. The number of benzene rings is 3. The lowest BCUT2D eigenvalue weighted by Gasteiger charge is -2.28. The van der Waals surface area contributed by atoms with Crippen LogP contribution in [0.5, 0.6) is 0 Å². The first-order valence-corrected chi connectivity index (χ1v) is 12.3.